The van der Waals surface area contributed by atoms with Gasteiger partial charge in [-0.1, -0.05) is 38.1 Å². The summed E-state index contributed by atoms with van der Waals surface area (Å²) in [5.41, 5.74) is 1.98. The molecule has 1 aliphatic heterocycles. The van der Waals surface area contributed by atoms with E-state index in [4.69, 9.17) is 4.74 Å². The summed E-state index contributed by atoms with van der Waals surface area (Å²) in [4.78, 5) is 2.01. The average molecular weight is 447 g/mol. The largest absolute Gasteiger partial charge is 0.493 e. The zero-order valence-electron chi connectivity index (χ0n) is 19.4. The fraction of sp³-hybridized carbons (Fsp3) is 0.520. The normalized spacial score (nSPS) is 22.3. The molecule has 1 unspecified atom stereocenters. The minimum atomic E-state index is -0.863. The van der Waals surface area contributed by atoms with Crippen LogP contribution < -0.4 is 10.1 Å². The Morgan fingerprint density at radius 3 is 2.25 bits per heavy atom. The molecule has 7 heteroatoms. The van der Waals surface area contributed by atoms with Crippen molar-refractivity contribution < 1.29 is 24.1 Å². The summed E-state index contributed by atoms with van der Waals surface area (Å²) in [5.74, 6) is 1.04. The number of likely N-dealkylation sites (tertiary alicyclic amines) is 1. The van der Waals surface area contributed by atoms with Crippen molar-refractivity contribution in [1.82, 2.24) is 10.2 Å². The van der Waals surface area contributed by atoms with Gasteiger partial charge in [-0.05, 0) is 41.3 Å². The number of hydrogen-bond donors (Lipinski definition) is 3. The first kappa shape index (κ1) is 24.6. The molecule has 0 aromatic heterocycles. The molecule has 1 atom stereocenters. The first-order chi connectivity index (χ1) is 15.2. The van der Waals surface area contributed by atoms with E-state index < -0.39 is 6.35 Å². The fourth-order valence-corrected chi connectivity index (χ4v) is 3.95. The second kappa shape index (κ2) is 11.2. The number of aliphatic hydroxyl groups excluding tert-OH is 1. The number of aliphatic hydroxyl groups is 1. The standard InChI is InChI=1S/C25H37FN3O3/c1-19(2)18-32-24-10-6-20(7-11-24)16-27-25(30)28(17-21-4-8-22(26)9-5-21)23-12-14-29(3,31)15-13-23/h4-11,19,23,25,27,30-31H,12-18H2,1-3H3/q+1. The third-order valence-corrected chi connectivity index (χ3v) is 5.95. The molecule has 0 spiro atoms. The van der Waals surface area contributed by atoms with E-state index in [0.29, 0.717) is 38.7 Å². The SMILES string of the molecule is CC(C)COc1ccc(CNC(O)N(Cc2ccc(F)cc2)C2CC[N+](C)(O)CC2)cc1. The lowest BCUT2D eigenvalue weighted by Crippen LogP contribution is -2.56. The van der Waals surface area contributed by atoms with Crippen LogP contribution in [0.25, 0.3) is 0 Å². The molecule has 2 aromatic rings. The minimum absolute atomic E-state index is 0.00956. The van der Waals surface area contributed by atoms with Gasteiger partial charge in [-0.25, -0.2) is 9.60 Å². The molecule has 3 rings (SSSR count). The Morgan fingerprint density at radius 1 is 1.06 bits per heavy atom. The molecule has 6 nitrogen and oxygen atoms in total. The number of piperidine rings is 1. The van der Waals surface area contributed by atoms with E-state index in [-0.39, 0.29) is 16.5 Å². The van der Waals surface area contributed by atoms with Crippen molar-refractivity contribution in [3.63, 3.8) is 0 Å². The monoisotopic (exact) mass is 446 g/mol. The Morgan fingerprint density at radius 2 is 1.66 bits per heavy atom. The van der Waals surface area contributed by atoms with Crippen molar-refractivity contribution in [1.29, 1.82) is 0 Å². The van der Waals surface area contributed by atoms with E-state index in [9.17, 15) is 14.7 Å². The molecule has 1 heterocycles. The Hall–Kier alpha value is -2.03. The summed E-state index contributed by atoms with van der Waals surface area (Å²) in [6, 6.07) is 14.4. The lowest BCUT2D eigenvalue weighted by Gasteiger charge is -2.41. The van der Waals surface area contributed by atoms with Gasteiger partial charge in [-0.3, -0.25) is 10.2 Å². The molecule has 0 aliphatic carbocycles. The van der Waals surface area contributed by atoms with Crippen LogP contribution in [-0.2, 0) is 13.1 Å². The highest BCUT2D eigenvalue weighted by Gasteiger charge is 2.34. The van der Waals surface area contributed by atoms with Gasteiger partial charge in [0.2, 0.25) is 0 Å². The van der Waals surface area contributed by atoms with Gasteiger partial charge in [0.25, 0.3) is 0 Å². The number of nitrogens with one attached hydrogen (secondary N) is 1. The van der Waals surface area contributed by atoms with Gasteiger partial charge < -0.3 is 9.84 Å². The maximum absolute atomic E-state index is 13.3. The zero-order valence-corrected chi connectivity index (χ0v) is 19.4. The Kier molecular flexibility index (Phi) is 8.62. The number of hydrogen-bond acceptors (Lipinski definition) is 5. The summed E-state index contributed by atoms with van der Waals surface area (Å²) in [7, 11) is 1.81. The van der Waals surface area contributed by atoms with E-state index in [0.717, 1.165) is 29.7 Å². The second-order valence-electron chi connectivity index (χ2n) is 9.42. The van der Waals surface area contributed by atoms with Gasteiger partial charge in [-0.15, -0.1) is 0 Å². The smallest absolute Gasteiger partial charge is 0.163 e. The quantitative estimate of drug-likeness (QED) is 0.383. The van der Waals surface area contributed by atoms with Gasteiger partial charge in [0.05, 0.1) is 13.7 Å². The van der Waals surface area contributed by atoms with E-state index in [1.807, 2.05) is 36.2 Å². The molecule has 1 saturated heterocycles. The minimum Gasteiger partial charge on any atom is -0.493 e. The Balaban J connectivity index is 1.62. The van der Waals surface area contributed by atoms with Crippen LogP contribution in [0.1, 0.15) is 37.8 Å². The summed E-state index contributed by atoms with van der Waals surface area (Å²) < 4.78 is 19.1. The first-order valence-electron chi connectivity index (χ1n) is 11.4. The number of hydroxylamine groups is 3. The molecule has 1 fully saturated rings. The van der Waals surface area contributed by atoms with Crippen LogP contribution in [0, 0.1) is 11.7 Å². The van der Waals surface area contributed by atoms with Crippen LogP contribution in [0.15, 0.2) is 48.5 Å². The van der Waals surface area contributed by atoms with Crippen molar-refractivity contribution in [3.8, 4) is 5.75 Å². The van der Waals surface area contributed by atoms with E-state index in [2.05, 4.69) is 19.2 Å². The predicted molar refractivity (Wildman–Crippen MR) is 122 cm³/mol. The Bertz CT molecular complexity index is 817. The van der Waals surface area contributed by atoms with Crippen molar-refractivity contribution in [2.45, 2.75) is 52.2 Å². The number of nitrogens with zero attached hydrogens (tertiary/aromatic N) is 2. The average Bonchev–Trinajstić information content (AvgIpc) is 2.76. The van der Waals surface area contributed by atoms with E-state index in [1.54, 1.807) is 12.1 Å². The Labute approximate surface area is 190 Å². The molecule has 0 amide bonds. The first-order valence-corrected chi connectivity index (χ1v) is 11.4. The maximum atomic E-state index is 13.3. The summed E-state index contributed by atoms with van der Waals surface area (Å²) in [5, 5.41) is 24.5. The molecular formula is C25H37FN3O3+. The van der Waals surface area contributed by atoms with Gasteiger partial charge >= 0.3 is 0 Å². The van der Waals surface area contributed by atoms with Gasteiger partial charge in [0, 0.05) is 32.0 Å². The van der Waals surface area contributed by atoms with Crippen LogP contribution in [0.2, 0.25) is 0 Å². The molecule has 1 aliphatic rings. The highest BCUT2D eigenvalue weighted by atomic mass is 19.1. The maximum Gasteiger partial charge on any atom is 0.163 e. The third-order valence-electron chi connectivity index (χ3n) is 5.95. The van der Waals surface area contributed by atoms with Crippen LogP contribution in [0.4, 0.5) is 4.39 Å². The van der Waals surface area contributed by atoms with Crippen molar-refractivity contribution in [3.05, 3.63) is 65.5 Å². The van der Waals surface area contributed by atoms with Crippen LogP contribution in [-0.4, -0.2) is 59.0 Å². The fourth-order valence-electron chi connectivity index (χ4n) is 3.95. The van der Waals surface area contributed by atoms with Crippen molar-refractivity contribution in [2.75, 3.05) is 26.7 Å². The second-order valence-corrected chi connectivity index (χ2v) is 9.42. The number of ether oxygens (including phenoxy) is 1. The van der Waals surface area contributed by atoms with Gasteiger partial charge in [0.1, 0.15) is 24.7 Å². The number of quaternary nitrogens is 1. The molecule has 0 radical (unpaired) electrons. The molecule has 32 heavy (non-hydrogen) atoms. The van der Waals surface area contributed by atoms with Crippen molar-refractivity contribution in [2.24, 2.45) is 5.92 Å². The third kappa shape index (κ3) is 7.53. The van der Waals surface area contributed by atoms with Crippen LogP contribution in [0.5, 0.6) is 5.75 Å². The molecule has 0 bridgehead atoms. The topological polar surface area (TPSA) is 65.0 Å². The predicted octanol–water partition coefficient (Wildman–Crippen LogP) is 3.73. The molecule has 176 valence electrons. The van der Waals surface area contributed by atoms with Gasteiger partial charge in [0.15, 0.2) is 6.35 Å². The molecule has 2 aromatic carbocycles. The lowest BCUT2D eigenvalue weighted by atomic mass is 10.0. The highest BCUT2D eigenvalue weighted by molar-refractivity contribution is 5.27. The summed E-state index contributed by atoms with van der Waals surface area (Å²) in [6.07, 6.45) is 0.682. The van der Waals surface area contributed by atoms with Gasteiger partial charge in [-0.2, -0.15) is 4.65 Å². The number of halogens is 1. The van der Waals surface area contributed by atoms with E-state index >= 15 is 0 Å². The summed E-state index contributed by atoms with van der Waals surface area (Å²) in [6.45, 7) is 7.18. The zero-order chi connectivity index (χ0) is 23.1. The van der Waals surface area contributed by atoms with Crippen molar-refractivity contribution >= 4 is 0 Å². The van der Waals surface area contributed by atoms with Crippen LogP contribution >= 0.6 is 0 Å². The van der Waals surface area contributed by atoms with Crippen LogP contribution in [0.3, 0.4) is 0 Å². The number of benzene rings is 2. The highest BCUT2D eigenvalue weighted by Crippen LogP contribution is 2.23. The lowest BCUT2D eigenvalue weighted by molar-refractivity contribution is -1.09. The van der Waals surface area contributed by atoms with E-state index in [1.165, 1.54) is 12.1 Å². The molecular weight excluding hydrogens is 409 g/mol. The summed E-state index contributed by atoms with van der Waals surface area (Å²) >= 11 is 0. The number of rotatable bonds is 10. The molecule has 3 N–H and O–H groups in total. The molecule has 0 saturated carbocycles.